The van der Waals surface area contributed by atoms with E-state index in [0.29, 0.717) is 0 Å². The van der Waals surface area contributed by atoms with Crippen LogP contribution in [0.2, 0.25) is 0 Å². The molecule has 176 valence electrons. The lowest BCUT2D eigenvalue weighted by atomic mass is 9.87. The molecule has 6 rings (SSSR count). The molecule has 0 aliphatic rings. The van der Waals surface area contributed by atoms with Crippen LogP contribution in [-0.2, 0) is 5.41 Å². The molecule has 5 aromatic carbocycles. The number of rotatable bonds is 4. The van der Waals surface area contributed by atoms with E-state index >= 15 is 0 Å². The van der Waals surface area contributed by atoms with Gasteiger partial charge in [0.25, 0.3) is 0 Å². The molecule has 0 atom stereocenters. The summed E-state index contributed by atoms with van der Waals surface area (Å²) in [5.41, 5.74) is 6.87. The lowest BCUT2D eigenvalue weighted by Crippen LogP contribution is -2.13. The van der Waals surface area contributed by atoms with E-state index in [-0.39, 0.29) is 5.41 Å². The minimum atomic E-state index is 0.122. The Balaban J connectivity index is 1.41. The molecular formula is C34H29NO. The Morgan fingerprint density at radius 1 is 0.528 bits per heavy atom. The second kappa shape index (κ2) is 8.73. The first-order valence-corrected chi connectivity index (χ1v) is 12.4. The van der Waals surface area contributed by atoms with Gasteiger partial charge < -0.3 is 9.32 Å². The summed E-state index contributed by atoms with van der Waals surface area (Å²) < 4.78 is 6.11. The van der Waals surface area contributed by atoms with Gasteiger partial charge in [0, 0.05) is 28.0 Å². The molecular weight excluding hydrogens is 438 g/mol. The number of fused-ring (bicyclic) bond motifs is 2. The van der Waals surface area contributed by atoms with E-state index < -0.39 is 0 Å². The highest BCUT2D eigenvalue weighted by atomic mass is 16.3. The van der Waals surface area contributed by atoms with Crippen LogP contribution in [0, 0.1) is 0 Å². The maximum absolute atomic E-state index is 6.11. The molecule has 6 aromatic rings. The Morgan fingerprint density at radius 2 is 1.17 bits per heavy atom. The summed E-state index contributed by atoms with van der Waals surface area (Å²) in [6.07, 6.45) is 0. The van der Waals surface area contributed by atoms with Crippen molar-refractivity contribution in [3.63, 3.8) is 0 Å². The molecule has 0 unspecified atom stereocenters. The lowest BCUT2D eigenvalue weighted by Gasteiger charge is -2.27. The largest absolute Gasteiger partial charge is 0.456 e. The zero-order valence-electron chi connectivity index (χ0n) is 20.9. The van der Waals surface area contributed by atoms with Crippen LogP contribution in [-0.4, -0.2) is 0 Å². The summed E-state index contributed by atoms with van der Waals surface area (Å²) in [6.45, 7) is 6.75. The van der Waals surface area contributed by atoms with Crippen LogP contribution in [0.3, 0.4) is 0 Å². The van der Waals surface area contributed by atoms with Crippen molar-refractivity contribution in [1.82, 2.24) is 0 Å². The Hall–Kier alpha value is -4.30. The average Bonchev–Trinajstić information content (AvgIpc) is 3.33. The maximum Gasteiger partial charge on any atom is 0.135 e. The van der Waals surface area contributed by atoms with E-state index in [9.17, 15) is 0 Å². The minimum absolute atomic E-state index is 0.122. The number of nitrogens with zero attached hydrogens (tertiary/aromatic N) is 1. The second-order valence-corrected chi connectivity index (χ2v) is 10.4. The topological polar surface area (TPSA) is 16.4 Å². The van der Waals surface area contributed by atoms with Crippen molar-refractivity contribution in [2.75, 3.05) is 4.90 Å². The van der Waals surface area contributed by atoms with Crippen LogP contribution in [0.25, 0.3) is 33.1 Å². The molecule has 2 heteroatoms. The van der Waals surface area contributed by atoms with Gasteiger partial charge in [-0.2, -0.15) is 0 Å². The Kier molecular flexibility index (Phi) is 5.38. The highest BCUT2D eigenvalue weighted by Gasteiger charge is 2.17. The number of hydrogen-bond donors (Lipinski definition) is 0. The Bertz CT molecular complexity index is 1620. The van der Waals surface area contributed by atoms with Gasteiger partial charge in [-0.05, 0) is 76.3 Å². The zero-order chi connectivity index (χ0) is 24.7. The predicted molar refractivity (Wildman–Crippen MR) is 153 cm³/mol. The summed E-state index contributed by atoms with van der Waals surface area (Å²) in [7, 11) is 0. The number of furan rings is 1. The molecule has 0 radical (unpaired) electrons. The highest BCUT2D eigenvalue weighted by Crippen LogP contribution is 2.38. The van der Waals surface area contributed by atoms with E-state index in [2.05, 4.69) is 129 Å². The van der Waals surface area contributed by atoms with Crippen molar-refractivity contribution in [1.29, 1.82) is 0 Å². The lowest BCUT2D eigenvalue weighted by molar-refractivity contribution is 0.590. The van der Waals surface area contributed by atoms with Crippen LogP contribution in [0.15, 0.2) is 126 Å². The van der Waals surface area contributed by atoms with Crippen molar-refractivity contribution in [2.45, 2.75) is 26.2 Å². The fourth-order valence-electron chi connectivity index (χ4n) is 4.78. The van der Waals surface area contributed by atoms with Crippen molar-refractivity contribution in [3.05, 3.63) is 127 Å². The molecule has 0 aliphatic carbocycles. The Morgan fingerprint density at radius 3 is 1.92 bits per heavy atom. The van der Waals surface area contributed by atoms with E-state index in [4.69, 9.17) is 4.42 Å². The number of benzene rings is 5. The number of hydrogen-bond acceptors (Lipinski definition) is 2. The summed E-state index contributed by atoms with van der Waals surface area (Å²) >= 11 is 0. The molecule has 0 amide bonds. The van der Waals surface area contributed by atoms with Gasteiger partial charge in [-0.15, -0.1) is 0 Å². The third kappa shape index (κ3) is 4.16. The molecule has 1 aromatic heterocycles. The summed E-state index contributed by atoms with van der Waals surface area (Å²) in [6, 6.07) is 43.0. The molecule has 36 heavy (non-hydrogen) atoms. The molecule has 0 N–H and O–H groups in total. The summed E-state index contributed by atoms with van der Waals surface area (Å²) in [5, 5.41) is 3.51. The molecule has 0 saturated carbocycles. The van der Waals surface area contributed by atoms with Gasteiger partial charge in [-0.25, -0.2) is 0 Å². The van der Waals surface area contributed by atoms with Gasteiger partial charge in [0.05, 0.1) is 0 Å². The van der Waals surface area contributed by atoms with E-state index in [1.54, 1.807) is 0 Å². The first kappa shape index (κ1) is 22.2. The molecule has 2 nitrogen and oxygen atoms in total. The van der Waals surface area contributed by atoms with Crippen LogP contribution in [0.5, 0.6) is 0 Å². The number of anilines is 3. The van der Waals surface area contributed by atoms with Crippen molar-refractivity contribution in [3.8, 4) is 11.3 Å². The fourth-order valence-corrected chi connectivity index (χ4v) is 4.78. The average molecular weight is 468 g/mol. The molecule has 0 spiro atoms. The molecule has 0 bridgehead atoms. The second-order valence-electron chi connectivity index (χ2n) is 10.4. The van der Waals surface area contributed by atoms with Crippen LogP contribution < -0.4 is 4.90 Å². The molecule has 1 heterocycles. The van der Waals surface area contributed by atoms with Gasteiger partial charge in [-0.3, -0.25) is 0 Å². The van der Waals surface area contributed by atoms with Crippen LogP contribution >= 0.6 is 0 Å². The normalized spacial score (nSPS) is 11.8. The molecule has 0 saturated heterocycles. The third-order valence-corrected chi connectivity index (χ3v) is 6.80. The first-order valence-electron chi connectivity index (χ1n) is 12.4. The Labute approximate surface area is 212 Å². The van der Waals surface area contributed by atoms with Gasteiger partial charge in [0.2, 0.25) is 0 Å². The van der Waals surface area contributed by atoms with E-state index in [0.717, 1.165) is 39.4 Å². The van der Waals surface area contributed by atoms with Crippen molar-refractivity contribution >= 4 is 38.8 Å². The fraction of sp³-hybridized carbons (Fsp3) is 0.118. The van der Waals surface area contributed by atoms with E-state index in [1.165, 1.54) is 16.3 Å². The summed E-state index contributed by atoms with van der Waals surface area (Å²) in [4.78, 5) is 2.32. The minimum Gasteiger partial charge on any atom is -0.456 e. The van der Waals surface area contributed by atoms with Gasteiger partial charge >= 0.3 is 0 Å². The van der Waals surface area contributed by atoms with Gasteiger partial charge in [-0.1, -0.05) is 87.5 Å². The maximum atomic E-state index is 6.11. The quantitative estimate of drug-likeness (QED) is 0.256. The monoisotopic (exact) mass is 467 g/mol. The van der Waals surface area contributed by atoms with E-state index in [1.807, 2.05) is 18.2 Å². The van der Waals surface area contributed by atoms with Gasteiger partial charge in [0.15, 0.2) is 0 Å². The number of para-hydroxylation sites is 2. The zero-order valence-corrected chi connectivity index (χ0v) is 20.9. The SMILES string of the molecule is CC(C)(C)c1ccc(N(c2ccccc2)c2ccc3cc(-c4cc5ccccc5o4)ccc3c2)cc1. The standard InChI is InChI=1S/C34H29NO/c1-34(2,3)28-16-19-30(20-17-28)35(29-10-5-4-6-11-29)31-18-15-24-21-27(14-13-25(24)22-31)33-23-26-9-7-8-12-32(26)36-33/h4-23H,1-3H3. The van der Waals surface area contributed by atoms with Crippen LogP contribution in [0.1, 0.15) is 26.3 Å². The predicted octanol–water partition coefficient (Wildman–Crippen LogP) is 10.0. The molecule has 0 aliphatic heterocycles. The highest BCUT2D eigenvalue weighted by molar-refractivity contribution is 5.92. The molecule has 0 fully saturated rings. The van der Waals surface area contributed by atoms with Crippen LogP contribution in [0.4, 0.5) is 17.1 Å². The smallest absolute Gasteiger partial charge is 0.135 e. The third-order valence-electron chi connectivity index (χ3n) is 6.80. The van der Waals surface area contributed by atoms with Crippen molar-refractivity contribution in [2.24, 2.45) is 0 Å². The first-order chi connectivity index (χ1) is 17.5. The van der Waals surface area contributed by atoms with Gasteiger partial charge in [0.1, 0.15) is 11.3 Å². The summed E-state index contributed by atoms with van der Waals surface area (Å²) in [5.74, 6) is 0.895. The van der Waals surface area contributed by atoms with Crippen molar-refractivity contribution < 1.29 is 4.42 Å².